The summed E-state index contributed by atoms with van der Waals surface area (Å²) >= 11 is 0. The Morgan fingerprint density at radius 3 is 2.24 bits per heavy atom. The Balaban J connectivity index is 2.30. The molecule has 1 heterocycles. The fraction of sp³-hybridized carbons (Fsp3) is 0.333. The van der Waals surface area contributed by atoms with Gasteiger partial charge < -0.3 is 19.5 Å². The lowest BCUT2D eigenvalue weighted by molar-refractivity contribution is -0.222. The summed E-state index contributed by atoms with van der Waals surface area (Å²) < 4.78 is 10.1. The molecule has 1 saturated heterocycles. The van der Waals surface area contributed by atoms with E-state index in [1.807, 2.05) is 18.2 Å². The molecule has 0 bridgehead atoms. The molecule has 0 amide bonds. The molecule has 0 aliphatic carbocycles. The molecule has 6 heteroatoms. The summed E-state index contributed by atoms with van der Waals surface area (Å²) in [6.45, 7) is 3.08. The predicted molar refractivity (Wildman–Crippen MR) is 75.2 cm³/mol. The van der Waals surface area contributed by atoms with Crippen LogP contribution >= 0.6 is 0 Å². The van der Waals surface area contributed by atoms with Crippen molar-refractivity contribution in [3.05, 3.63) is 42.1 Å². The van der Waals surface area contributed by atoms with Crippen molar-refractivity contribution in [3.63, 3.8) is 0 Å². The largest absolute Gasteiger partial charge is 0.419 e. The number of hydrogen-bond acceptors (Lipinski definition) is 6. The minimum absolute atomic E-state index is 0.131. The van der Waals surface area contributed by atoms with Crippen molar-refractivity contribution in [2.75, 3.05) is 18.1 Å². The third-order valence-electron chi connectivity index (χ3n) is 2.83. The zero-order chi connectivity index (χ0) is 15.5. The van der Waals surface area contributed by atoms with Crippen LogP contribution < -0.4 is 4.90 Å². The number of carbonyl (C=O) groups is 2. The van der Waals surface area contributed by atoms with E-state index in [1.165, 1.54) is 20.0 Å². The Morgan fingerprint density at radius 1 is 1.14 bits per heavy atom. The van der Waals surface area contributed by atoms with E-state index in [4.69, 9.17) is 14.6 Å². The number of nitrogens with zero attached hydrogens (tertiary/aromatic N) is 1. The first-order valence-electron chi connectivity index (χ1n) is 6.54. The highest BCUT2D eigenvalue weighted by atomic mass is 16.7. The highest BCUT2D eigenvalue weighted by molar-refractivity contribution is 6.15. The molecule has 1 aromatic carbocycles. The molecule has 1 aromatic rings. The summed E-state index contributed by atoms with van der Waals surface area (Å²) in [5, 5.41) is 9.14. The normalized spacial score (nSPS) is 17.0. The Hall–Kier alpha value is -2.34. The van der Waals surface area contributed by atoms with Crippen molar-refractivity contribution in [1.82, 2.24) is 0 Å². The number of cyclic esters (lactones) is 2. The number of para-hydroxylation sites is 1. The van der Waals surface area contributed by atoms with Crippen LogP contribution in [0.2, 0.25) is 0 Å². The van der Waals surface area contributed by atoms with Gasteiger partial charge in [0.1, 0.15) is 0 Å². The van der Waals surface area contributed by atoms with E-state index in [9.17, 15) is 9.59 Å². The van der Waals surface area contributed by atoms with E-state index in [2.05, 4.69) is 0 Å². The maximum atomic E-state index is 11.9. The van der Waals surface area contributed by atoms with Gasteiger partial charge in [-0.25, -0.2) is 9.59 Å². The summed E-state index contributed by atoms with van der Waals surface area (Å²) in [6.07, 6.45) is 1.34. The molecule has 0 spiro atoms. The molecule has 0 atom stereocenters. The van der Waals surface area contributed by atoms with Crippen LogP contribution in [0.4, 0.5) is 5.69 Å². The molecule has 112 valence electrons. The molecule has 0 radical (unpaired) electrons. The SMILES string of the molecule is CC1(C)OC(=O)C(=CN(CCO)c2ccccc2)C(=O)O1. The number of aliphatic hydroxyl groups excluding tert-OH is 1. The fourth-order valence-corrected chi connectivity index (χ4v) is 1.92. The minimum Gasteiger partial charge on any atom is -0.419 e. The number of rotatable bonds is 4. The summed E-state index contributed by atoms with van der Waals surface area (Å²) in [7, 11) is 0. The summed E-state index contributed by atoms with van der Waals surface area (Å²) in [6, 6.07) is 9.09. The zero-order valence-corrected chi connectivity index (χ0v) is 11.9. The molecule has 0 unspecified atom stereocenters. The van der Waals surface area contributed by atoms with Crippen LogP contribution in [0, 0.1) is 0 Å². The minimum atomic E-state index is -1.26. The third-order valence-corrected chi connectivity index (χ3v) is 2.83. The monoisotopic (exact) mass is 291 g/mol. The summed E-state index contributed by atoms with van der Waals surface area (Å²) in [5.74, 6) is -2.75. The molecule has 2 rings (SSSR count). The molecule has 0 saturated carbocycles. The predicted octanol–water partition coefficient (Wildman–Crippen LogP) is 1.21. The van der Waals surface area contributed by atoms with Gasteiger partial charge in [0, 0.05) is 32.3 Å². The average Bonchev–Trinajstić information content (AvgIpc) is 2.41. The van der Waals surface area contributed by atoms with Gasteiger partial charge in [-0.15, -0.1) is 0 Å². The number of hydrogen-bond donors (Lipinski definition) is 1. The van der Waals surface area contributed by atoms with Crippen LogP contribution in [0.5, 0.6) is 0 Å². The third kappa shape index (κ3) is 3.61. The number of ether oxygens (including phenoxy) is 2. The number of esters is 2. The van der Waals surface area contributed by atoms with E-state index in [1.54, 1.807) is 17.0 Å². The second kappa shape index (κ2) is 5.97. The topological polar surface area (TPSA) is 76.1 Å². The van der Waals surface area contributed by atoms with Crippen LogP contribution in [-0.2, 0) is 19.1 Å². The Labute approximate surface area is 122 Å². The van der Waals surface area contributed by atoms with Gasteiger partial charge >= 0.3 is 11.9 Å². The first-order chi connectivity index (χ1) is 9.93. The smallest absolute Gasteiger partial charge is 0.350 e. The second-order valence-corrected chi connectivity index (χ2v) is 4.97. The van der Waals surface area contributed by atoms with E-state index in [0.717, 1.165) is 5.69 Å². The van der Waals surface area contributed by atoms with Gasteiger partial charge in [-0.3, -0.25) is 0 Å². The molecule has 21 heavy (non-hydrogen) atoms. The fourth-order valence-electron chi connectivity index (χ4n) is 1.92. The van der Waals surface area contributed by atoms with E-state index >= 15 is 0 Å². The van der Waals surface area contributed by atoms with Crippen molar-refractivity contribution >= 4 is 17.6 Å². The van der Waals surface area contributed by atoms with Crippen molar-refractivity contribution in [1.29, 1.82) is 0 Å². The van der Waals surface area contributed by atoms with Crippen LogP contribution in [0.1, 0.15) is 13.8 Å². The van der Waals surface area contributed by atoms with Crippen LogP contribution in [0.15, 0.2) is 42.1 Å². The van der Waals surface area contributed by atoms with Gasteiger partial charge in [-0.05, 0) is 12.1 Å². The molecule has 1 fully saturated rings. The van der Waals surface area contributed by atoms with Gasteiger partial charge in [-0.1, -0.05) is 18.2 Å². The Morgan fingerprint density at radius 2 is 1.71 bits per heavy atom. The lowest BCUT2D eigenvalue weighted by atomic mass is 10.2. The molecule has 1 aliphatic heterocycles. The van der Waals surface area contributed by atoms with Gasteiger partial charge in [0.25, 0.3) is 5.79 Å². The molecule has 0 aromatic heterocycles. The number of benzene rings is 1. The quantitative estimate of drug-likeness (QED) is 0.510. The first-order valence-corrected chi connectivity index (χ1v) is 6.54. The Bertz CT molecular complexity index is 543. The Kier molecular flexibility index (Phi) is 4.28. The first kappa shape index (κ1) is 15.1. The van der Waals surface area contributed by atoms with Crippen LogP contribution in [0.25, 0.3) is 0 Å². The maximum absolute atomic E-state index is 11.9. The highest BCUT2D eigenvalue weighted by Crippen LogP contribution is 2.24. The second-order valence-electron chi connectivity index (χ2n) is 4.97. The van der Waals surface area contributed by atoms with Crippen LogP contribution in [-0.4, -0.2) is 36.0 Å². The van der Waals surface area contributed by atoms with Gasteiger partial charge in [0.2, 0.25) is 0 Å². The standard InChI is InChI=1S/C15H17NO5/c1-15(2)20-13(18)12(14(19)21-15)10-16(8-9-17)11-6-4-3-5-7-11/h3-7,10,17H,8-9H2,1-2H3. The lowest BCUT2D eigenvalue weighted by Gasteiger charge is -2.30. The maximum Gasteiger partial charge on any atom is 0.350 e. The molecule has 1 N–H and O–H groups in total. The van der Waals surface area contributed by atoms with Gasteiger partial charge in [-0.2, -0.15) is 0 Å². The number of anilines is 1. The molecular formula is C15H17NO5. The van der Waals surface area contributed by atoms with Crippen LogP contribution in [0.3, 0.4) is 0 Å². The molecule has 1 aliphatic rings. The van der Waals surface area contributed by atoms with E-state index < -0.39 is 17.7 Å². The van der Waals surface area contributed by atoms with Crippen molar-refractivity contribution in [2.24, 2.45) is 0 Å². The van der Waals surface area contributed by atoms with Crippen molar-refractivity contribution in [3.8, 4) is 0 Å². The summed E-state index contributed by atoms with van der Waals surface area (Å²) in [5.41, 5.74) is 0.538. The summed E-state index contributed by atoms with van der Waals surface area (Å²) in [4.78, 5) is 25.4. The number of carbonyl (C=O) groups excluding carboxylic acids is 2. The zero-order valence-electron chi connectivity index (χ0n) is 11.9. The molecule has 6 nitrogen and oxygen atoms in total. The highest BCUT2D eigenvalue weighted by Gasteiger charge is 2.39. The van der Waals surface area contributed by atoms with Gasteiger partial charge in [0.05, 0.1) is 6.61 Å². The van der Waals surface area contributed by atoms with Crippen molar-refractivity contribution in [2.45, 2.75) is 19.6 Å². The molecular weight excluding hydrogens is 274 g/mol. The average molecular weight is 291 g/mol. The van der Waals surface area contributed by atoms with E-state index in [-0.39, 0.29) is 18.7 Å². The number of aliphatic hydroxyl groups is 1. The van der Waals surface area contributed by atoms with Crippen molar-refractivity contribution < 1.29 is 24.2 Å². The van der Waals surface area contributed by atoms with E-state index in [0.29, 0.717) is 0 Å². The van der Waals surface area contributed by atoms with Gasteiger partial charge in [0.15, 0.2) is 5.57 Å². The lowest BCUT2D eigenvalue weighted by Crippen LogP contribution is -2.42.